The van der Waals surface area contributed by atoms with Gasteiger partial charge in [0, 0.05) is 18.7 Å². The Hall–Kier alpha value is -3.92. The van der Waals surface area contributed by atoms with Gasteiger partial charge in [0.05, 0.1) is 32.9 Å². The number of nitrogens with zero attached hydrogens (tertiary/aromatic N) is 2. The number of hydrogen-bond donors (Lipinski definition) is 1. The summed E-state index contributed by atoms with van der Waals surface area (Å²) >= 11 is 0. The van der Waals surface area contributed by atoms with E-state index < -0.39 is 17.7 Å². The third-order valence-electron chi connectivity index (χ3n) is 6.15. The van der Waals surface area contributed by atoms with E-state index in [1.807, 2.05) is 19.0 Å². The second kappa shape index (κ2) is 10.4. The molecule has 1 N–H and O–H groups in total. The first-order valence-electron chi connectivity index (χ1n) is 11.4. The van der Waals surface area contributed by atoms with Crippen LogP contribution in [0.3, 0.4) is 0 Å². The number of carbonyl (C=O) groups is 2. The molecule has 1 saturated heterocycles. The number of amides is 1. The summed E-state index contributed by atoms with van der Waals surface area (Å²) in [5.41, 5.74) is 0.827. The van der Waals surface area contributed by atoms with Crippen molar-refractivity contribution in [3.63, 3.8) is 0 Å². The molecule has 2 heterocycles. The van der Waals surface area contributed by atoms with Crippen LogP contribution in [0.25, 0.3) is 5.76 Å². The van der Waals surface area contributed by atoms with Crippen LogP contribution in [0, 0.1) is 0 Å². The second-order valence-corrected chi connectivity index (χ2v) is 8.61. The van der Waals surface area contributed by atoms with Crippen molar-refractivity contribution in [1.29, 1.82) is 0 Å². The summed E-state index contributed by atoms with van der Waals surface area (Å²) in [4.78, 5) is 29.9. The van der Waals surface area contributed by atoms with Crippen LogP contribution in [-0.4, -0.2) is 88.3 Å². The molecule has 192 valence electrons. The fraction of sp³-hybridized carbons (Fsp3) is 0.385. The number of methoxy groups -OCH3 is 3. The highest BCUT2D eigenvalue weighted by Crippen LogP contribution is 2.46. The average molecular weight is 499 g/mol. The van der Waals surface area contributed by atoms with Gasteiger partial charge >= 0.3 is 0 Å². The minimum Gasteiger partial charge on any atom is -0.507 e. The summed E-state index contributed by atoms with van der Waals surface area (Å²) in [6.07, 6.45) is 0. The lowest BCUT2D eigenvalue weighted by Crippen LogP contribution is -2.35. The fourth-order valence-electron chi connectivity index (χ4n) is 4.37. The SMILES string of the molecule is COc1cc([C@@H]2/C(=C(\O)c3ccc4c(c3)OCCO4)C(=O)C(=O)N2CCN(C)C)cc(OC)c1OC. The molecular formula is C26H30N2O8. The standard InChI is InChI=1S/C26H30N2O8/c1-27(2)8-9-28-22(16-13-19(32-3)25(34-5)20(14-16)33-4)21(24(30)26(28)31)23(29)15-6-7-17-18(12-15)36-11-10-35-17/h6-7,12-14,22,29H,8-11H2,1-5H3/b23-21+/t22-/m1/s1. The molecule has 0 radical (unpaired) electrons. The van der Waals surface area contributed by atoms with E-state index in [0.29, 0.717) is 59.6 Å². The smallest absolute Gasteiger partial charge is 0.295 e. The van der Waals surface area contributed by atoms with Crippen molar-refractivity contribution in [2.24, 2.45) is 0 Å². The minimum atomic E-state index is -0.883. The molecular weight excluding hydrogens is 468 g/mol. The van der Waals surface area contributed by atoms with Crippen molar-refractivity contribution in [1.82, 2.24) is 9.80 Å². The summed E-state index contributed by atoms with van der Waals surface area (Å²) in [6, 6.07) is 7.37. The van der Waals surface area contributed by atoms with E-state index in [1.54, 1.807) is 30.3 Å². The number of carbonyl (C=O) groups excluding carboxylic acids is 2. The Morgan fingerprint density at radius 3 is 2.22 bits per heavy atom. The average Bonchev–Trinajstić information content (AvgIpc) is 3.15. The molecule has 0 spiro atoms. The van der Waals surface area contributed by atoms with Crippen molar-refractivity contribution in [3.8, 4) is 28.7 Å². The molecule has 36 heavy (non-hydrogen) atoms. The van der Waals surface area contributed by atoms with Gasteiger partial charge in [0.2, 0.25) is 5.75 Å². The number of aliphatic hydroxyl groups is 1. The normalized spacial score (nSPS) is 18.5. The number of hydrogen-bond acceptors (Lipinski definition) is 9. The quantitative estimate of drug-likeness (QED) is 0.334. The van der Waals surface area contributed by atoms with Gasteiger partial charge in [-0.1, -0.05) is 0 Å². The molecule has 0 aromatic heterocycles. The van der Waals surface area contributed by atoms with Gasteiger partial charge < -0.3 is 38.6 Å². The molecule has 2 aliphatic rings. The molecule has 2 aromatic carbocycles. The predicted molar refractivity (Wildman–Crippen MR) is 131 cm³/mol. The Morgan fingerprint density at radius 2 is 1.64 bits per heavy atom. The maximum absolute atomic E-state index is 13.3. The van der Waals surface area contributed by atoms with Gasteiger partial charge in [0.1, 0.15) is 19.0 Å². The summed E-state index contributed by atoms with van der Waals surface area (Å²) < 4.78 is 27.6. The van der Waals surface area contributed by atoms with E-state index >= 15 is 0 Å². The molecule has 0 saturated carbocycles. The van der Waals surface area contributed by atoms with Crippen LogP contribution >= 0.6 is 0 Å². The zero-order valence-corrected chi connectivity index (χ0v) is 21.0. The van der Waals surface area contributed by atoms with Gasteiger partial charge in [-0.05, 0) is 50.0 Å². The highest BCUT2D eigenvalue weighted by Gasteiger charge is 2.46. The fourth-order valence-corrected chi connectivity index (χ4v) is 4.37. The van der Waals surface area contributed by atoms with Crippen LogP contribution in [0.2, 0.25) is 0 Å². The van der Waals surface area contributed by atoms with E-state index in [-0.39, 0.29) is 17.9 Å². The van der Waals surface area contributed by atoms with Crippen LogP contribution in [0.15, 0.2) is 35.9 Å². The monoisotopic (exact) mass is 498 g/mol. The minimum absolute atomic E-state index is 0.0373. The number of benzene rings is 2. The molecule has 1 atom stereocenters. The first-order valence-corrected chi connectivity index (χ1v) is 11.4. The number of fused-ring (bicyclic) bond motifs is 1. The number of ether oxygens (including phenoxy) is 5. The van der Waals surface area contributed by atoms with E-state index in [2.05, 4.69) is 0 Å². The van der Waals surface area contributed by atoms with Gasteiger partial charge in [-0.15, -0.1) is 0 Å². The third kappa shape index (κ3) is 4.51. The number of Topliss-reactive ketones (excluding diaryl/α,β-unsaturated/α-hetero) is 1. The van der Waals surface area contributed by atoms with E-state index in [4.69, 9.17) is 23.7 Å². The van der Waals surface area contributed by atoms with Crippen LogP contribution < -0.4 is 23.7 Å². The van der Waals surface area contributed by atoms with Crippen molar-refractivity contribution < 1.29 is 38.4 Å². The maximum atomic E-state index is 13.3. The number of ketones is 1. The summed E-state index contributed by atoms with van der Waals surface area (Å²) in [5, 5.41) is 11.4. The summed E-state index contributed by atoms with van der Waals surface area (Å²) in [5.74, 6) is 0.322. The Balaban J connectivity index is 1.90. The van der Waals surface area contributed by atoms with Gasteiger partial charge in [0.15, 0.2) is 23.0 Å². The molecule has 4 rings (SSSR count). The molecule has 2 aromatic rings. The molecule has 0 unspecified atom stereocenters. The van der Waals surface area contributed by atoms with Gasteiger partial charge in [-0.25, -0.2) is 0 Å². The number of likely N-dealkylation sites (N-methyl/N-ethyl adjacent to an activating group) is 1. The lowest BCUT2D eigenvalue weighted by molar-refractivity contribution is -0.140. The number of rotatable bonds is 8. The first-order chi connectivity index (χ1) is 17.3. The van der Waals surface area contributed by atoms with Crippen LogP contribution in [-0.2, 0) is 9.59 Å². The summed E-state index contributed by atoms with van der Waals surface area (Å²) in [6.45, 7) is 1.57. The molecule has 10 nitrogen and oxygen atoms in total. The van der Waals surface area contributed by atoms with Crippen molar-refractivity contribution >= 4 is 17.4 Å². The molecule has 2 aliphatic heterocycles. The van der Waals surface area contributed by atoms with Crippen molar-refractivity contribution in [3.05, 3.63) is 47.0 Å². The Bertz CT molecular complexity index is 1180. The maximum Gasteiger partial charge on any atom is 0.295 e. The highest BCUT2D eigenvalue weighted by atomic mass is 16.6. The van der Waals surface area contributed by atoms with Crippen LogP contribution in [0.4, 0.5) is 0 Å². The molecule has 0 aliphatic carbocycles. The van der Waals surface area contributed by atoms with Crippen molar-refractivity contribution in [2.75, 3.05) is 61.7 Å². The van der Waals surface area contributed by atoms with Gasteiger partial charge in [-0.2, -0.15) is 0 Å². The molecule has 1 amide bonds. The van der Waals surface area contributed by atoms with Crippen LogP contribution in [0.5, 0.6) is 28.7 Å². The summed E-state index contributed by atoms with van der Waals surface area (Å²) in [7, 11) is 8.21. The zero-order chi connectivity index (χ0) is 26.0. The topological polar surface area (TPSA) is 107 Å². The number of likely N-dealkylation sites (tertiary alicyclic amines) is 1. The molecule has 0 bridgehead atoms. The predicted octanol–water partition coefficient (Wildman–Crippen LogP) is 2.47. The van der Waals surface area contributed by atoms with E-state index in [0.717, 1.165) is 0 Å². The third-order valence-corrected chi connectivity index (χ3v) is 6.15. The number of aliphatic hydroxyl groups excluding tert-OH is 1. The Morgan fingerprint density at radius 1 is 1.00 bits per heavy atom. The van der Waals surface area contributed by atoms with Gasteiger partial charge in [-0.3, -0.25) is 9.59 Å². The van der Waals surface area contributed by atoms with E-state index in [1.165, 1.54) is 26.2 Å². The Kier molecular flexibility index (Phi) is 7.25. The highest BCUT2D eigenvalue weighted by molar-refractivity contribution is 6.46. The zero-order valence-electron chi connectivity index (χ0n) is 21.0. The largest absolute Gasteiger partial charge is 0.507 e. The van der Waals surface area contributed by atoms with Crippen LogP contribution in [0.1, 0.15) is 17.2 Å². The van der Waals surface area contributed by atoms with Crippen molar-refractivity contribution in [2.45, 2.75) is 6.04 Å². The lowest BCUT2D eigenvalue weighted by atomic mass is 9.94. The second-order valence-electron chi connectivity index (χ2n) is 8.61. The molecule has 10 heteroatoms. The van der Waals surface area contributed by atoms with E-state index in [9.17, 15) is 14.7 Å². The Labute approximate surface area is 209 Å². The molecule has 1 fully saturated rings. The first kappa shape index (κ1) is 25.2. The lowest BCUT2D eigenvalue weighted by Gasteiger charge is -2.27. The van der Waals surface area contributed by atoms with Gasteiger partial charge in [0.25, 0.3) is 11.7 Å².